The van der Waals surface area contributed by atoms with Crippen molar-refractivity contribution < 1.29 is 19.1 Å². The van der Waals surface area contributed by atoms with Gasteiger partial charge in [-0.15, -0.1) is 6.42 Å². The van der Waals surface area contributed by atoms with E-state index in [0.29, 0.717) is 23.5 Å². The fourth-order valence-electron chi connectivity index (χ4n) is 5.02. The molecule has 3 amide bonds. The Balaban J connectivity index is 2.66. The van der Waals surface area contributed by atoms with E-state index in [1.807, 2.05) is 56.3 Å². The van der Waals surface area contributed by atoms with Crippen LogP contribution in [0.5, 0.6) is 0 Å². The van der Waals surface area contributed by atoms with Gasteiger partial charge in [0.15, 0.2) is 0 Å². The highest BCUT2D eigenvalue weighted by molar-refractivity contribution is 5.92. The van der Waals surface area contributed by atoms with Crippen molar-refractivity contribution in [3.63, 3.8) is 0 Å². The number of hydrogen-bond donors (Lipinski definition) is 2. The van der Waals surface area contributed by atoms with E-state index in [1.54, 1.807) is 37.8 Å². The summed E-state index contributed by atoms with van der Waals surface area (Å²) in [5.41, 5.74) is 1.47. The molecular formula is C36H51N3O4. The minimum atomic E-state index is -0.966. The topological polar surface area (TPSA) is 87.7 Å². The molecule has 0 fully saturated rings. The minimum Gasteiger partial charge on any atom is -0.444 e. The number of amides is 3. The quantitative estimate of drug-likeness (QED) is 0.237. The largest absolute Gasteiger partial charge is 0.444 e. The molecule has 7 heteroatoms. The summed E-state index contributed by atoms with van der Waals surface area (Å²) < 4.78 is 5.55. The highest BCUT2D eigenvalue weighted by Gasteiger charge is 2.39. The van der Waals surface area contributed by atoms with Crippen molar-refractivity contribution in [2.75, 3.05) is 0 Å². The highest BCUT2D eigenvalue weighted by Crippen LogP contribution is 2.29. The zero-order chi connectivity index (χ0) is 32.2. The number of rotatable bonds is 14. The summed E-state index contributed by atoms with van der Waals surface area (Å²) in [6.45, 7) is 15.6. The number of carbonyl (C=O) groups is 3. The Morgan fingerprint density at radius 1 is 0.907 bits per heavy atom. The number of ether oxygens (including phenoxy) is 1. The first-order valence-corrected chi connectivity index (χ1v) is 15.5. The smallest absolute Gasteiger partial charge is 0.408 e. The van der Waals surface area contributed by atoms with Gasteiger partial charge in [0.25, 0.3) is 0 Å². The summed E-state index contributed by atoms with van der Waals surface area (Å²) in [6, 6.07) is 14.4. The van der Waals surface area contributed by atoms with Gasteiger partial charge in [-0.2, -0.15) is 0 Å². The molecule has 0 bridgehead atoms. The van der Waals surface area contributed by atoms with Gasteiger partial charge in [-0.3, -0.25) is 9.59 Å². The fraction of sp³-hybridized carbons (Fsp3) is 0.528. The van der Waals surface area contributed by atoms with E-state index in [-0.39, 0.29) is 30.3 Å². The summed E-state index contributed by atoms with van der Waals surface area (Å²) in [5, 5.41) is 5.97. The van der Waals surface area contributed by atoms with Crippen molar-refractivity contribution in [1.82, 2.24) is 15.5 Å². The third-order valence-electron chi connectivity index (χ3n) is 7.19. The zero-order valence-corrected chi connectivity index (χ0v) is 27.3. The van der Waals surface area contributed by atoms with Crippen LogP contribution in [0, 0.1) is 18.3 Å². The van der Waals surface area contributed by atoms with Crippen LogP contribution in [0.3, 0.4) is 0 Å². The van der Waals surface area contributed by atoms with Gasteiger partial charge in [0.1, 0.15) is 17.7 Å². The average molecular weight is 590 g/mol. The normalized spacial score (nSPS) is 14.1. The predicted molar refractivity (Wildman–Crippen MR) is 173 cm³/mol. The monoisotopic (exact) mass is 589 g/mol. The van der Waals surface area contributed by atoms with Crippen LogP contribution in [0.4, 0.5) is 4.79 Å². The summed E-state index contributed by atoms with van der Waals surface area (Å²) in [5.74, 6) is 2.41. The molecular weight excluding hydrogens is 538 g/mol. The number of alkyl carbamates (subject to hydrolysis) is 1. The second kappa shape index (κ2) is 16.7. The minimum absolute atomic E-state index is 0.0760. The van der Waals surface area contributed by atoms with Crippen molar-refractivity contribution in [3.8, 4) is 12.3 Å². The lowest BCUT2D eigenvalue weighted by molar-refractivity contribution is -0.145. The molecule has 234 valence electrons. The molecule has 2 aromatic rings. The molecule has 0 heterocycles. The van der Waals surface area contributed by atoms with Gasteiger partial charge in [0.2, 0.25) is 11.8 Å². The van der Waals surface area contributed by atoms with Crippen molar-refractivity contribution in [2.24, 2.45) is 5.92 Å². The first-order chi connectivity index (χ1) is 20.2. The Kier molecular flexibility index (Phi) is 13.8. The van der Waals surface area contributed by atoms with E-state index in [2.05, 4.69) is 37.3 Å². The first kappa shape index (κ1) is 35.4. The van der Waals surface area contributed by atoms with Gasteiger partial charge in [-0.25, -0.2) is 4.79 Å². The molecule has 2 rings (SSSR count). The van der Waals surface area contributed by atoms with E-state index < -0.39 is 23.8 Å². The van der Waals surface area contributed by atoms with Crippen LogP contribution in [0.25, 0.3) is 0 Å². The maximum atomic E-state index is 14.7. The van der Waals surface area contributed by atoms with Crippen LogP contribution in [0.1, 0.15) is 104 Å². The van der Waals surface area contributed by atoms with Gasteiger partial charge in [-0.1, -0.05) is 75.6 Å². The molecule has 7 nitrogen and oxygen atoms in total. The molecule has 0 radical (unpaired) electrons. The lowest BCUT2D eigenvalue weighted by atomic mass is 9.95. The van der Waals surface area contributed by atoms with E-state index >= 15 is 0 Å². The van der Waals surface area contributed by atoms with Crippen LogP contribution in [0.2, 0.25) is 0 Å². The van der Waals surface area contributed by atoms with Gasteiger partial charge in [0.05, 0.1) is 0 Å². The number of hydrogen-bond acceptors (Lipinski definition) is 4. The Morgan fingerprint density at radius 2 is 1.53 bits per heavy atom. The van der Waals surface area contributed by atoms with Crippen molar-refractivity contribution >= 4 is 17.9 Å². The van der Waals surface area contributed by atoms with Crippen LogP contribution in [-0.2, 0) is 20.7 Å². The van der Waals surface area contributed by atoms with E-state index in [9.17, 15) is 14.4 Å². The van der Waals surface area contributed by atoms with Gasteiger partial charge < -0.3 is 20.3 Å². The van der Waals surface area contributed by atoms with Crippen LogP contribution >= 0.6 is 0 Å². The van der Waals surface area contributed by atoms with Crippen molar-refractivity contribution in [3.05, 3.63) is 71.3 Å². The van der Waals surface area contributed by atoms with Crippen LogP contribution in [0.15, 0.2) is 54.6 Å². The number of benzene rings is 2. The SMILES string of the molecule is C#Cc1ccc(C(C(=O)NC(C)CCC)N(C(=O)C(Cc2ccccc2)NC(=O)OC(C)(C)C)C(C)CCC(C)C)cc1. The van der Waals surface area contributed by atoms with E-state index in [4.69, 9.17) is 11.2 Å². The molecule has 0 aliphatic rings. The Bertz CT molecular complexity index is 1210. The third-order valence-corrected chi connectivity index (χ3v) is 7.19. The maximum Gasteiger partial charge on any atom is 0.408 e. The maximum absolute atomic E-state index is 14.7. The van der Waals surface area contributed by atoms with E-state index in [0.717, 1.165) is 24.8 Å². The summed E-state index contributed by atoms with van der Waals surface area (Å²) in [6.07, 6.45) is 8.44. The lowest BCUT2D eigenvalue weighted by Crippen LogP contribution is -2.56. The molecule has 2 N–H and O–H groups in total. The van der Waals surface area contributed by atoms with Crippen LogP contribution in [-0.4, -0.2) is 46.5 Å². The summed E-state index contributed by atoms with van der Waals surface area (Å²) in [4.78, 5) is 43.5. The standard InChI is InChI=1S/C36H51N3O4/c1-10-15-26(5)37-33(40)32(30-22-20-28(11-2)21-23-30)39(27(6)19-18-25(3)4)34(41)31(24-29-16-13-12-14-17-29)38-35(42)43-36(7,8)9/h2,12-14,16-17,20-23,25-27,31-32H,10,15,18-19,24H2,1,3-9H3,(H,37,40)(H,38,42). The second-order valence-corrected chi connectivity index (χ2v) is 12.8. The number of nitrogens with one attached hydrogen (secondary N) is 2. The first-order valence-electron chi connectivity index (χ1n) is 15.5. The lowest BCUT2D eigenvalue weighted by Gasteiger charge is -2.39. The third kappa shape index (κ3) is 11.8. The molecule has 0 spiro atoms. The van der Waals surface area contributed by atoms with Gasteiger partial charge >= 0.3 is 6.09 Å². The van der Waals surface area contributed by atoms with Crippen molar-refractivity contribution in [1.29, 1.82) is 0 Å². The Morgan fingerprint density at radius 3 is 2.07 bits per heavy atom. The van der Waals surface area contributed by atoms with Crippen molar-refractivity contribution in [2.45, 2.75) is 117 Å². The van der Waals surface area contributed by atoms with Gasteiger partial charge in [0, 0.05) is 24.1 Å². The molecule has 2 aromatic carbocycles. The number of nitrogens with zero attached hydrogens (tertiary/aromatic N) is 1. The van der Waals surface area contributed by atoms with Gasteiger partial charge in [-0.05, 0) is 83.1 Å². The average Bonchev–Trinajstić information content (AvgIpc) is 2.93. The molecule has 43 heavy (non-hydrogen) atoms. The molecule has 4 unspecified atom stereocenters. The molecule has 0 aliphatic carbocycles. The Hall–Kier alpha value is -3.79. The Labute approximate surface area is 259 Å². The molecule has 0 saturated heterocycles. The molecule has 0 saturated carbocycles. The fourth-order valence-corrected chi connectivity index (χ4v) is 5.02. The number of carbonyl (C=O) groups excluding carboxylic acids is 3. The molecule has 4 atom stereocenters. The zero-order valence-electron chi connectivity index (χ0n) is 27.3. The molecule has 0 aliphatic heterocycles. The summed E-state index contributed by atoms with van der Waals surface area (Å²) >= 11 is 0. The number of terminal acetylenes is 1. The highest BCUT2D eigenvalue weighted by atomic mass is 16.6. The second-order valence-electron chi connectivity index (χ2n) is 12.8. The van der Waals surface area contributed by atoms with Crippen LogP contribution < -0.4 is 10.6 Å². The molecule has 0 aromatic heterocycles. The predicted octanol–water partition coefficient (Wildman–Crippen LogP) is 6.80. The van der Waals surface area contributed by atoms with E-state index in [1.165, 1.54) is 0 Å². The summed E-state index contributed by atoms with van der Waals surface area (Å²) in [7, 11) is 0.